The zero-order chi connectivity index (χ0) is 25.6. The number of fused-ring (bicyclic) bond motifs is 1. The lowest BCUT2D eigenvalue weighted by Gasteiger charge is -2.35. The Morgan fingerprint density at radius 1 is 0.946 bits per heavy atom. The molecule has 0 aromatic heterocycles. The summed E-state index contributed by atoms with van der Waals surface area (Å²) in [4.78, 5) is 32.6. The average molecular weight is 499 g/mol. The van der Waals surface area contributed by atoms with Crippen molar-refractivity contribution in [2.24, 2.45) is 0 Å². The zero-order valence-electron chi connectivity index (χ0n) is 21.3. The lowest BCUT2D eigenvalue weighted by atomic mass is 10.1. The predicted octanol–water partition coefficient (Wildman–Crippen LogP) is 4.25. The summed E-state index contributed by atoms with van der Waals surface area (Å²) in [5.74, 6) is 0.0627. The molecule has 2 aliphatic rings. The molecule has 1 N–H and O–H groups in total. The van der Waals surface area contributed by atoms with Crippen molar-refractivity contribution >= 4 is 17.5 Å². The normalized spacial score (nSPS) is 17.6. The van der Waals surface area contributed by atoms with Crippen molar-refractivity contribution in [1.82, 2.24) is 14.7 Å². The van der Waals surface area contributed by atoms with Crippen molar-refractivity contribution in [2.75, 3.05) is 51.8 Å². The first-order chi connectivity index (χ1) is 18.1. The lowest BCUT2D eigenvalue weighted by Crippen LogP contribution is -2.48. The Morgan fingerprint density at radius 3 is 2.49 bits per heavy atom. The highest BCUT2D eigenvalue weighted by Gasteiger charge is 2.36. The van der Waals surface area contributed by atoms with Crippen LogP contribution in [0.1, 0.15) is 44.4 Å². The molecule has 0 saturated carbocycles. The highest BCUT2D eigenvalue weighted by atomic mass is 16.5. The van der Waals surface area contributed by atoms with Crippen LogP contribution in [0.25, 0.3) is 0 Å². The number of carbonyl (C=O) groups is 2. The number of carbonyl (C=O) groups excluding carboxylic acids is 2. The minimum absolute atomic E-state index is 0.0183. The van der Waals surface area contributed by atoms with E-state index in [1.807, 2.05) is 64.4 Å². The van der Waals surface area contributed by atoms with E-state index < -0.39 is 0 Å². The van der Waals surface area contributed by atoms with Crippen LogP contribution in [0.2, 0.25) is 0 Å². The summed E-state index contributed by atoms with van der Waals surface area (Å²) in [5.41, 5.74) is 4.45. The maximum absolute atomic E-state index is 13.3. The second-order valence-corrected chi connectivity index (χ2v) is 9.61. The average Bonchev–Trinajstić information content (AvgIpc) is 3.20. The highest BCUT2D eigenvalue weighted by Crippen LogP contribution is 2.34. The number of hydrogen-bond donors (Lipinski definition) is 1. The molecule has 2 aliphatic heterocycles. The van der Waals surface area contributed by atoms with E-state index in [2.05, 4.69) is 34.5 Å². The Kier molecular flexibility index (Phi) is 7.82. The molecule has 0 radical (unpaired) electrons. The number of nitrogens with zero attached hydrogens (tertiary/aromatic N) is 3. The lowest BCUT2D eigenvalue weighted by molar-refractivity contribution is 0.0627. The van der Waals surface area contributed by atoms with Gasteiger partial charge in [-0.1, -0.05) is 54.6 Å². The number of benzene rings is 3. The second kappa shape index (κ2) is 11.6. The van der Waals surface area contributed by atoms with Crippen molar-refractivity contribution in [3.63, 3.8) is 0 Å². The van der Waals surface area contributed by atoms with Crippen LogP contribution >= 0.6 is 0 Å². The monoisotopic (exact) mass is 498 g/mol. The molecule has 1 fully saturated rings. The molecule has 37 heavy (non-hydrogen) atoms. The van der Waals surface area contributed by atoms with Crippen LogP contribution in [0.3, 0.4) is 0 Å². The summed E-state index contributed by atoms with van der Waals surface area (Å²) < 4.78 is 5.20. The molecule has 0 spiro atoms. The van der Waals surface area contributed by atoms with Gasteiger partial charge < -0.3 is 19.9 Å². The Bertz CT molecular complexity index is 1220. The third-order valence-corrected chi connectivity index (χ3v) is 7.13. The largest absolute Gasteiger partial charge is 0.385 e. The van der Waals surface area contributed by atoms with E-state index in [1.54, 1.807) is 7.11 Å². The molecule has 0 bridgehead atoms. The summed E-state index contributed by atoms with van der Waals surface area (Å²) in [6.07, 6.45) is 0.468. The van der Waals surface area contributed by atoms with Gasteiger partial charge in [0.05, 0.1) is 0 Å². The minimum Gasteiger partial charge on any atom is -0.385 e. The molecular weight excluding hydrogens is 464 g/mol. The van der Waals surface area contributed by atoms with Crippen LogP contribution in [-0.2, 0) is 11.3 Å². The van der Waals surface area contributed by atoms with E-state index in [-0.39, 0.29) is 18.0 Å². The first-order valence-electron chi connectivity index (χ1n) is 12.9. The van der Waals surface area contributed by atoms with Gasteiger partial charge in [-0.25, -0.2) is 0 Å². The number of amides is 2. The summed E-state index contributed by atoms with van der Waals surface area (Å²) in [6.45, 7) is 5.22. The van der Waals surface area contributed by atoms with Gasteiger partial charge in [-0.3, -0.25) is 14.5 Å². The number of methoxy groups -OCH3 is 1. The van der Waals surface area contributed by atoms with Crippen LogP contribution < -0.4 is 5.32 Å². The van der Waals surface area contributed by atoms with E-state index in [9.17, 15) is 9.59 Å². The second-order valence-electron chi connectivity index (χ2n) is 9.61. The Labute approximate surface area is 218 Å². The first kappa shape index (κ1) is 25.0. The van der Waals surface area contributed by atoms with Gasteiger partial charge in [0, 0.05) is 75.4 Å². The molecule has 0 aliphatic carbocycles. The third kappa shape index (κ3) is 5.68. The smallest absolute Gasteiger partial charge is 0.256 e. The van der Waals surface area contributed by atoms with Crippen LogP contribution in [0.15, 0.2) is 78.9 Å². The molecule has 3 aromatic carbocycles. The van der Waals surface area contributed by atoms with Gasteiger partial charge in [0.25, 0.3) is 11.8 Å². The van der Waals surface area contributed by atoms with Crippen LogP contribution in [0, 0.1) is 0 Å². The first-order valence-corrected chi connectivity index (χ1v) is 12.9. The summed E-state index contributed by atoms with van der Waals surface area (Å²) in [7, 11) is 1.67. The topological polar surface area (TPSA) is 65.1 Å². The number of piperazine rings is 1. The van der Waals surface area contributed by atoms with Crippen molar-refractivity contribution in [1.29, 1.82) is 0 Å². The van der Waals surface area contributed by atoms with Gasteiger partial charge in [-0.15, -0.1) is 0 Å². The van der Waals surface area contributed by atoms with Gasteiger partial charge in [0.1, 0.15) is 6.17 Å². The van der Waals surface area contributed by atoms with Gasteiger partial charge in [-0.2, -0.15) is 0 Å². The highest BCUT2D eigenvalue weighted by molar-refractivity contribution is 5.99. The number of anilines is 1. The molecule has 3 aromatic rings. The summed E-state index contributed by atoms with van der Waals surface area (Å²) >= 11 is 0. The molecule has 1 atom stereocenters. The van der Waals surface area contributed by atoms with Crippen molar-refractivity contribution in [3.8, 4) is 0 Å². The van der Waals surface area contributed by atoms with Crippen molar-refractivity contribution in [2.45, 2.75) is 19.1 Å². The predicted molar refractivity (Wildman–Crippen MR) is 144 cm³/mol. The molecule has 7 heteroatoms. The molecule has 5 rings (SSSR count). The maximum Gasteiger partial charge on any atom is 0.256 e. The molecule has 2 amide bonds. The summed E-state index contributed by atoms with van der Waals surface area (Å²) in [6, 6.07) is 25.8. The van der Waals surface area contributed by atoms with Crippen molar-refractivity contribution in [3.05, 3.63) is 101 Å². The fourth-order valence-electron chi connectivity index (χ4n) is 5.17. The maximum atomic E-state index is 13.3. The molecule has 1 saturated heterocycles. The minimum atomic E-state index is -0.285. The quantitative estimate of drug-likeness (QED) is 0.447. The molecule has 2 heterocycles. The van der Waals surface area contributed by atoms with Gasteiger partial charge >= 0.3 is 0 Å². The van der Waals surface area contributed by atoms with E-state index in [0.29, 0.717) is 31.8 Å². The Morgan fingerprint density at radius 2 is 1.70 bits per heavy atom. The molecular formula is C30H34N4O3. The molecule has 192 valence electrons. The van der Waals surface area contributed by atoms with Gasteiger partial charge in [-0.05, 0) is 36.2 Å². The van der Waals surface area contributed by atoms with Crippen LogP contribution in [0.5, 0.6) is 0 Å². The fourth-order valence-corrected chi connectivity index (χ4v) is 5.17. The van der Waals surface area contributed by atoms with Crippen LogP contribution in [0.4, 0.5) is 5.69 Å². The third-order valence-electron chi connectivity index (χ3n) is 7.13. The van der Waals surface area contributed by atoms with E-state index in [1.165, 1.54) is 5.56 Å². The zero-order valence-corrected chi connectivity index (χ0v) is 21.3. The number of nitrogens with one attached hydrogen (secondary N) is 1. The molecule has 7 nitrogen and oxygen atoms in total. The summed E-state index contributed by atoms with van der Waals surface area (Å²) in [5, 5.41) is 3.52. The number of hydrogen-bond acceptors (Lipinski definition) is 5. The Hall–Kier alpha value is -3.68. The molecule has 1 unspecified atom stereocenters. The van der Waals surface area contributed by atoms with Crippen molar-refractivity contribution < 1.29 is 14.3 Å². The number of rotatable bonds is 9. The fraction of sp³-hybridized carbons (Fsp3) is 0.333. The van der Waals surface area contributed by atoms with Crippen LogP contribution in [-0.4, -0.2) is 73.0 Å². The number of ether oxygens (including phenoxy) is 1. The van der Waals surface area contributed by atoms with E-state index >= 15 is 0 Å². The van der Waals surface area contributed by atoms with E-state index in [4.69, 9.17) is 4.74 Å². The SMILES string of the molecule is COCCCN1C(=O)c2ccccc2C1Nc1cccc(C(=O)N2CCN(Cc3ccccc3)CC2)c1. The van der Waals surface area contributed by atoms with Gasteiger partial charge in [0.2, 0.25) is 0 Å². The van der Waals surface area contributed by atoms with Gasteiger partial charge in [0.15, 0.2) is 0 Å². The Balaban J connectivity index is 1.25. The van der Waals surface area contributed by atoms with E-state index in [0.717, 1.165) is 42.9 Å². The standard InChI is InChI=1S/C30H34N4O3/c1-37-20-8-15-34-28(26-13-5-6-14-27(26)30(34)36)31-25-12-7-11-24(21-25)29(35)33-18-16-32(17-19-33)22-23-9-3-2-4-10-23/h2-7,9-14,21,28,31H,8,15-20,22H2,1H3.